The van der Waals surface area contributed by atoms with Gasteiger partial charge in [0.15, 0.2) is 11.7 Å². The lowest BCUT2D eigenvalue weighted by molar-refractivity contribution is -0.173. The van der Waals surface area contributed by atoms with Crippen LogP contribution in [0.5, 0.6) is 0 Å². The molecule has 0 aliphatic carbocycles. The molecule has 152 valence electrons. The molecule has 1 aliphatic heterocycles. The van der Waals surface area contributed by atoms with Gasteiger partial charge in [0.2, 0.25) is 0 Å². The third-order valence-corrected chi connectivity index (χ3v) is 5.34. The van der Waals surface area contributed by atoms with Gasteiger partial charge in [0.25, 0.3) is 5.91 Å². The van der Waals surface area contributed by atoms with E-state index in [9.17, 15) is 18.0 Å². The zero-order chi connectivity index (χ0) is 20.6. The van der Waals surface area contributed by atoms with Crippen molar-refractivity contribution >= 4 is 39.3 Å². The minimum absolute atomic E-state index is 0.00198. The molecule has 1 aromatic carbocycles. The zero-order valence-corrected chi connectivity index (χ0v) is 17.5. The molecule has 0 saturated carbocycles. The first-order valence-corrected chi connectivity index (χ1v) is 9.90. The summed E-state index contributed by atoms with van der Waals surface area (Å²) in [6.07, 6.45) is -4.80. The normalized spacial score (nSPS) is 19.3. The Morgan fingerprint density at radius 1 is 1.39 bits per heavy atom. The first kappa shape index (κ1) is 21.0. The van der Waals surface area contributed by atoms with Crippen LogP contribution in [-0.2, 0) is 0 Å². The standard InChI is InChI=1S/C18H19BrClF3N4O/c1-9(2)8-24-17(28)15-14(20)16-25-12(10-3-5-11(19)6-4-10)7-13(18(21,22)23)27(16)26-15/h3-6,9,12-13,25H,7-8H2,1-2H3,(H,24,28). The molecule has 2 unspecified atom stereocenters. The number of rotatable bonds is 4. The van der Waals surface area contributed by atoms with E-state index in [4.69, 9.17) is 11.6 Å². The monoisotopic (exact) mass is 478 g/mol. The summed E-state index contributed by atoms with van der Waals surface area (Å²) in [7, 11) is 0. The van der Waals surface area contributed by atoms with E-state index in [0.717, 1.165) is 9.15 Å². The highest BCUT2D eigenvalue weighted by molar-refractivity contribution is 9.10. The van der Waals surface area contributed by atoms with Crippen LogP contribution < -0.4 is 10.6 Å². The van der Waals surface area contributed by atoms with Crippen LogP contribution in [-0.4, -0.2) is 28.4 Å². The van der Waals surface area contributed by atoms with E-state index in [1.807, 2.05) is 13.8 Å². The number of hydrogen-bond acceptors (Lipinski definition) is 3. The highest BCUT2D eigenvalue weighted by Crippen LogP contribution is 2.46. The minimum atomic E-state index is -4.54. The number of anilines is 1. The Hall–Kier alpha value is -1.74. The fourth-order valence-corrected chi connectivity index (χ4v) is 3.56. The minimum Gasteiger partial charge on any atom is -0.362 e. The number of nitrogens with one attached hydrogen (secondary N) is 2. The van der Waals surface area contributed by atoms with Crippen LogP contribution in [0, 0.1) is 5.92 Å². The maximum Gasteiger partial charge on any atom is 0.410 e. The van der Waals surface area contributed by atoms with Gasteiger partial charge in [-0.05, 0) is 23.6 Å². The van der Waals surface area contributed by atoms with Crippen LogP contribution >= 0.6 is 27.5 Å². The fourth-order valence-electron chi connectivity index (χ4n) is 3.03. The van der Waals surface area contributed by atoms with Crippen molar-refractivity contribution in [3.8, 4) is 0 Å². The van der Waals surface area contributed by atoms with Crippen LogP contribution in [0.4, 0.5) is 19.0 Å². The van der Waals surface area contributed by atoms with Crippen molar-refractivity contribution in [3.63, 3.8) is 0 Å². The van der Waals surface area contributed by atoms with Gasteiger partial charge in [-0.2, -0.15) is 18.3 Å². The summed E-state index contributed by atoms with van der Waals surface area (Å²) >= 11 is 9.58. The van der Waals surface area contributed by atoms with Gasteiger partial charge in [-0.25, -0.2) is 4.68 Å². The molecule has 0 saturated heterocycles. The van der Waals surface area contributed by atoms with Crippen molar-refractivity contribution in [1.29, 1.82) is 0 Å². The van der Waals surface area contributed by atoms with Crippen LogP contribution in [0.25, 0.3) is 0 Å². The van der Waals surface area contributed by atoms with E-state index in [1.54, 1.807) is 24.3 Å². The number of amides is 1. The smallest absolute Gasteiger partial charge is 0.362 e. The Labute approximate surface area is 173 Å². The molecule has 0 spiro atoms. The predicted octanol–water partition coefficient (Wildman–Crippen LogP) is 5.35. The SMILES string of the molecule is CC(C)CNC(=O)c1nn2c(c1Cl)NC(c1ccc(Br)cc1)CC2C(F)(F)F. The average Bonchev–Trinajstić information content (AvgIpc) is 2.95. The van der Waals surface area contributed by atoms with E-state index in [-0.39, 0.29) is 28.9 Å². The van der Waals surface area contributed by atoms with Crippen LogP contribution in [0.3, 0.4) is 0 Å². The summed E-state index contributed by atoms with van der Waals surface area (Å²) in [5, 5.41) is 9.44. The predicted molar refractivity (Wildman–Crippen MR) is 105 cm³/mol. The van der Waals surface area contributed by atoms with E-state index in [2.05, 4.69) is 31.7 Å². The second-order valence-corrected chi connectivity index (χ2v) is 8.39. The molecule has 10 heteroatoms. The lowest BCUT2D eigenvalue weighted by atomic mass is 9.97. The maximum absolute atomic E-state index is 13.7. The molecule has 1 aromatic heterocycles. The van der Waals surface area contributed by atoms with Gasteiger partial charge in [-0.15, -0.1) is 0 Å². The molecule has 1 aliphatic rings. The number of hydrogen-bond donors (Lipinski definition) is 2. The lowest BCUT2D eigenvalue weighted by Gasteiger charge is -2.33. The third-order valence-electron chi connectivity index (χ3n) is 4.45. The van der Waals surface area contributed by atoms with Gasteiger partial charge in [-0.1, -0.05) is 53.5 Å². The topological polar surface area (TPSA) is 59.0 Å². The second kappa shape index (κ2) is 7.94. The quantitative estimate of drug-likeness (QED) is 0.622. The van der Waals surface area contributed by atoms with Gasteiger partial charge in [0, 0.05) is 17.4 Å². The van der Waals surface area contributed by atoms with E-state index in [0.29, 0.717) is 12.1 Å². The fraction of sp³-hybridized carbons (Fsp3) is 0.444. The molecule has 5 nitrogen and oxygen atoms in total. The van der Waals surface area contributed by atoms with E-state index in [1.165, 1.54) is 0 Å². The van der Waals surface area contributed by atoms with Crippen LogP contribution in [0.1, 0.15) is 48.4 Å². The van der Waals surface area contributed by atoms with Gasteiger partial charge < -0.3 is 10.6 Å². The molecule has 2 heterocycles. The van der Waals surface area contributed by atoms with Crippen molar-refractivity contribution in [3.05, 3.63) is 45.0 Å². The average molecular weight is 480 g/mol. The second-order valence-electron chi connectivity index (χ2n) is 7.10. The number of halogens is 5. The molecule has 3 rings (SSSR count). The summed E-state index contributed by atoms with van der Waals surface area (Å²) < 4.78 is 42.8. The van der Waals surface area contributed by atoms with Gasteiger partial charge in [0.1, 0.15) is 10.8 Å². The number of aromatic nitrogens is 2. The summed E-state index contributed by atoms with van der Waals surface area (Å²) in [5.74, 6) is -0.413. The molecule has 2 atom stereocenters. The van der Waals surface area contributed by atoms with Crippen LogP contribution in [0.15, 0.2) is 28.7 Å². The van der Waals surface area contributed by atoms with Crippen molar-refractivity contribution in [2.45, 2.75) is 38.5 Å². The summed E-state index contributed by atoms with van der Waals surface area (Å²) in [6, 6.07) is 4.50. The summed E-state index contributed by atoms with van der Waals surface area (Å²) in [5.41, 5.74) is 0.474. The summed E-state index contributed by atoms with van der Waals surface area (Å²) in [4.78, 5) is 12.3. The lowest BCUT2D eigenvalue weighted by Crippen LogP contribution is -2.36. The number of alkyl halides is 3. The zero-order valence-electron chi connectivity index (χ0n) is 15.1. The molecule has 2 N–H and O–H groups in total. The molecule has 0 fully saturated rings. The Balaban J connectivity index is 1.98. The van der Waals surface area contributed by atoms with Crippen molar-refractivity contribution in [1.82, 2.24) is 15.1 Å². The van der Waals surface area contributed by atoms with Crippen LogP contribution in [0.2, 0.25) is 5.02 Å². The molecule has 2 aromatic rings. The molecule has 0 bridgehead atoms. The number of nitrogens with zero attached hydrogens (tertiary/aromatic N) is 2. The first-order chi connectivity index (χ1) is 13.1. The van der Waals surface area contributed by atoms with Crippen molar-refractivity contribution < 1.29 is 18.0 Å². The molecule has 0 radical (unpaired) electrons. The number of carbonyl (C=O) groups is 1. The van der Waals surface area contributed by atoms with Crippen molar-refractivity contribution in [2.75, 3.05) is 11.9 Å². The number of benzene rings is 1. The number of fused-ring (bicyclic) bond motifs is 1. The summed E-state index contributed by atoms with van der Waals surface area (Å²) in [6.45, 7) is 4.18. The third kappa shape index (κ3) is 4.30. The Morgan fingerprint density at radius 3 is 2.61 bits per heavy atom. The highest BCUT2D eigenvalue weighted by atomic mass is 79.9. The van der Waals surface area contributed by atoms with E-state index >= 15 is 0 Å². The molecular formula is C18H19BrClF3N4O. The van der Waals surface area contributed by atoms with Crippen molar-refractivity contribution in [2.24, 2.45) is 5.92 Å². The number of carbonyl (C=O) groups excluding carboxylic acids is 1. The van der Waals surface area contributed by atoms with Gasteiger partial charge >= 0.3 is 6.18 Å². The Morgan fingerprint density at radius 2 is 2.04 bits per heavy atom. The van der Waals surface area contributed by atoms with Gasteiger partial charge in [0.05, 0.1) is 6.04 Å². The Kier molecular flexibility index (Phi) is 5.95. The molecule has 28 heavy (non-hydrogen) atoms. The van der Waals surface area contributed by atoms with E-state index < -0.39 is 24.2 Å². The maximum atomic E-state index is 13.7. The first-order valence-electron chi connectivity index (χ1n) is 8.72. The Bertz CT molecular complexity index is 867. The van der Waals surface area contributed by atoms with Gasteiger partial charge in [-0.3, -0.25) is 4.79 Å². The highest BCUT2D eigenvalue weighted by Gasteiger charge is 2.47. The largest absolute Gasteiger partial charge is 0.410 e. The molecule has 1 amide bonds. The molecular weight excluding hydrogens is 461 g/mol.